The summed E-state index contributed by atoms with van der Waals surface area (Å²) in [6.07, 6.45) is 2.82. The molecule has 1 N–H and O–H groups in total. The van der Waals surface area contributed by atoms with Gasteiger partial charge in [-0.1, -0.05) is 0 Å². The van der Waals surface area contributed by atoms with Crippen molar-refractivity contribution in [2.75, 3.05) is 0 Å². The lowest BCUT2D eigenvalue weighted by molar-refractivity contribution is 0.103. The minimum Gasteiger partial charge on any atom is -0.472 e. The summed E-state index contributed by atoms with van der Waals surface area (Å²) in [6.45, 7) is 1.69. The van der Waals surface area contributed by atoms with Crippen molar-refractivity contribution in [3.8, 4) is 0 Å². The van der Waals surface area contributed by atoms with Gasteiger partial charge in [0.1, 0.15) is 6.26 Å². The molecule has 0 saturated carbocycles. The number of nitrogens with one attached hydrogen (secondary N) is 1. The third-order valence-corrected chi connectivity index (χ3v) is 2.14. The Morgan fingerprint density at radius 1 is 1.33 bits per heavy atom. The minimum absolute atomic E-state index is 0.155. The number of hydrogen-bond donors (Lipinski definition) is 1. The van der Waals surface area contributed by atoms with Gasteiger partial charge >= 0.3 is 0 Å². The van der Waals surface area contributed by atoms with Crippen molar-refractivity contribution in [2.24, 2.45) is 0 Å². The average molecular weight is 203 g/mol. The molecule has 0 spiro atoms. The van der Waals surface area contributed by atoms with Gasteiger partial charge in [0.25, 0.3) is 0 Å². The number of carbonyl (C=O) groups is 1. The number of aromatic amines is 1. The Kier molecular flexibility index (Phi) is 2.25. The van der Waals surface area contributed by atoms with Crippen LogP contribution in [0, 0.1) is 6.92 Å². The second-order valence-corrected chi connectivity index (χ2v) is 3.20. The number of rotatable bonds is 2. The van der Waals surface area contributed by atoms with E-state index in [0.29, 0.717) is 16.8 Å². The molecule has 2 heterocycles. The summed E-state index contributed by atoms with van der Waals surface area (Å²) in [5.74, 6) is -0.155. The first-order valence-electron chi connectivity index (χ1n) is 4.45. The number of H-pyrrole nitrogens is 1. The van der Waals surface area contributed by atoms with Crippen LogP contribution >= 0.6 is 0 Å². The van der Waals surface area contributed by atoms with Crippen molar-refractivity contribution in [2.45, 2.75) is 6.92 Å². The van der Waals surface area contributed by atoms with Crippen LogP contribution in [0.2, 0.25) is 0 Å². The lowest BCUT2D eigenvalue weighted by atomic mass is 10.1. The first-order valence-corrected chi connectivity index (χ1v) is 4.45. The molecule has 0 saturated heterocycles. The van der Waals surface area contributed by atoms with E-state index in [9.17, 15) is 9.59 Å². The largest absolute Gasteiger partial charge is 0.472 e. The Morgan fingerprint density at radius 2 is 2.13 bits per heavy atom. The van der Waals surface area contributed by atoms with Crippen molar-refractivity contribution in [3.63, 3.8) is 0 Å². The van der Waals surface area contributed by atoms with E-state index in [2.05, 4.69) is 4.98 Å². The number of aryl methyl sites for hydroxylation is 1. The van der Waals surface area contributed by atoms with Crippen molar-refractivity contribution < 1.29 is 9.21 Å². The molecular weight excluding hydrogens is 194 g/mol. The van der Waals surface area contributed by atoms with E-state index in [1.807, 2.05) is 0 Å². The maximum atomic E-state index is 11.9. The molecule has 2 aromatic heterocycles. The Labute approximate surface area is 85.6 Å². The van der Waals surface area contributed by atoms with Gasteiger partial charge in [-0.2, -0.15) is 0 Å². The van der Waals surface area contributed by atoms with Crippen LogP contribution in [0.3, 0.4) is 0 Å². The SMILES string of the molecule is Cc1[nH]c(=O)ccc1C(=O)c1ccoc1. The van der Waals surface area contributed by atoms with Crippen molar-refractivity contribution in [3.05, 3.63) is 57.9 Å². The van der Waals surface area contributed by atoms with E-state index in [1.54, 1.807) is 13.0 Å². The molecule has 0 aliphatic rings. The summed E-state index contributed by atoms with van der Waals surface area (Å²) in [7, 11) is 0. The number of aromatic nitrogens is 1. The summed E-state index contributed by atoms with van der Waals surface area (Å²) in [4.78, 5) is 25.4. The van der Waals surface area contributed by atoms with Crippen molar-refractivity contribution in [1.82, 2.24) is 4.98 Å². The smallest absolute Gasteiger partial charge is 0.248 e. The number of carbonyl (C=O) groups excluding carboxylic acids is 1. The highest BCUT2D eigenvalue weighted by atomic mass is 16.3. The van der Waals surface area contributed by atoms with Gasteiger partial charge in [-0.05, 0) is 19.1 Å². The number of furan rings is 1. The van der Waals surface area contributed by atoms with Gasteiger partial charge in [0, 0.05) is 17.3 Å². The maximum absolute atomic E-state index is 11.9. The molecule has 0 aromatic carbocycles. The van der Waals surface area contributed by atoms with E-state index in [-0.39, 0.29) is 11.3 Å². The van der Waals surface area contributed by atoms with Gasteiger partial charge in [-0.15, -0.1) is 0 Å². The molecule has 0 unspecified atom stereocenters. The Morgan fingerprint density at radius 3 is 2.73 bits per heavy atom. The van der Waals surface area contributed by atoms with E-state index >= 15 is 0 Å². The fourth-order valence-electron chi connectivity index (χ4n) is 1.37. The number of hydrogen-bond acceptors (Lipinski definition) is 3. The second kappa shape index (κ2) is 3.57. The molecule has 0 bridgehead atoms. The van der Waals surface area contributed by atoms with Gasteiger partial charge in [-0.3, -0.25) is 9.59 Å². The van der Waals surface area contributed by atoms with Gasteiger partial charge in [0.15, 0.2) is 5.78 Å². The third-order valence-electron chi connectivity index (χ3n) is 2.14. The van der Waals surface area contributed by atoms with Crippen LogP contribution in [0.4, 0.5) is 0 Å². The van der Waals surface area contributed by atoms with E-state index in [1.165, 1.54) is 24.7 Å². The molecule has 2 rings (SSSR count). The molecule has 4 nitrogen and oxygen atoms in total. The molecule has 0 aliphatic heterocycles. The molecule has 0 fully saturated rings. The molecule has 0 amide bonds. The van der Waals surface area contributed by atoms with Gasteiger partial charge in [0.05, 0.1) is 11.8 Å². The van der Waals surface area contributed by atoms with Gasteiger partial charge in [-0.25, -0.2) is 0 Å². The Bertz CT molecular complexity index is 537. The molecule has 15 heavy (non-hydrogen) atoms. The first kappa shape index (κ1) is 9.45. The molecular formula is C11H9NO3. The van der Waals surface area contributed by atoms with Crippen LogP contribution < -0.4 is 5.56 Å². The standard InChI is InChI=1S/C11H9NO3/c1-7-9(2-3-10(13)12-7)11(14)8-4-5-15-6-8/h2-6H,1H3,(H,12,13). The predicted octanol–water partition coefficient (Wildman–Crippen LogP) is 1.51. The predicted molar refractivity (Wildman–Crippen MR) is 53.9 cm³/mol. The summed E-state index contributed by atoms with van der Waals surface area (Å²) < 4.78 is 4.83. The highest BCUT2D eigenvalue weighted by Gasteiger charge is 2.12. The summed E-state index contributed by atoms with van der Waals surface area (Å²) in [5, 5.41) is 0. The fraction of sp³-hybridized carbons (Fsp3) is 0.0909. The molecule has 0 atom stereocenters. The molecule has 4 heteroatoms. The zero-order chi connectivity index (χ0) is 10.8. The lowest BCUT2D eigenvalue weighted by Crippen LogP contribution is -2.11. The van der Waals surface area contributed by atoms with E-state index in [4.69, 9.17) is 4.42 Å². The summed E-state index contributed by atoms with van der Waals surface area (Å²) in [6, 6.07) is 4.44. The van der Waals surface area contributed by atoms with Gasteiger partial charge in [0.2, 0.25) is 5.56 Å². The highest BCUT2D eigenvalue weighted by Crippen LogP contribution is 2.11. The lowest BCUT2D eigenvalue weighted by Gasteiger charge is -2.01. The van der Waals surface area contributed by atoms with Crippen LogP contribution in [0.25, 0.3) is 0 Å². The highest BCUT2D eigenvalue weighted by molar-refractivity contribution is 6.09. The monoisotopic (exact) mass is 203 g/mol. The molecule has 76 valence electrons. The quantitative estimate of drug-likeness (QED) is 0.752. The van der Waals surface area contributed by atoms with Crippen LogP contribution in [0.1, 0.15) is 21.6 Å². The summed E-state index contributed by atoms with van der Waals surface area (Å²) in [5.41, 5.74) is 1.31. The molecule has 0 aliphatic carbocycles. The van der Waals surface area contributed by atoms with E-state index in [0.717, 1.165) is 0 Å². The van der Waals surface area contributed by atoms with Crippen molar-refractivity contribution >= 4 is 5.78 Å². The minimum atomic E-state index is -0.212. The molecule has 0 radical (unpaired) electrons. The number of ketones is 1. The maximum Gasteiger partial charge on any atom is 0.248 e. The Balaban J connectivity index is 2.47. The third kappa shape index (κ3) is 1.74. The van der Waals surface area contributed by atoms with Gasteiger partial charge < -0.3 is 9.40 Å². The molecule has 2 aromatic rings. The number of pyridine rings is 1. The van der Waals surface area contributed by atoms with Crippen LogP contribution in [-0.4, -0.2) is 10.8 Å². The van der Waals surface area contributed by atoms with E-state index < -0.39 is 0 Å². The summed E-state index contributed by atoms with van der Waals surface area (Å²) >= 11 is 0. The zero-order valence-corrected chi connectivity index (χ0v) is 8.11. The van der Waals surface area contributed by atoms with Crippen LogP contribution in [-0.2, 0) is 0 Å². The van der Waals surface area contributed by atoms with Crippen molar-refractivity contribution in [1.29, 1.82) is 0 Å². The average Bonchev–Trinajstić information content (AvgIpc) is 2.69. The first-order chi connectivity index (χ1) is 7.18. The zero-order valence-electron chi connectivity index (χ0n) is 8.11. The van der Waals surface area contributed by atoms with Crippen LogP contribution in [0.5, 0.6) is 0 Å². The fourth-order valence-corrected chi connectivity index (χ4v) is 1.37. The Hall–Kier alpha value is -2.10. The van der Waals surface area contributed by atoms with Crippen LogP contribution in [0.15, 0.2) is 39.9 Å². The topological polar surface area (TPSA) is 63.1 Å². The normalized spacial score (nSPS) is 10.2. The second-order valence-electron chi connectivity index (χ2n) is 3.20.